The van der Waals surface area contributed by atoms with Crippen LogP contribution in [-0.2, 0) is 9.53 Å². The van der Waals surface area contributed by atoms with Gasteiger partial charge in [-0.15, -0.1) is 0 Å². The molecular formula is C16H25BrO2. The number of halogens is 1. The molecule has 0 heterocycles. The van der Waals surface area contributed by atoms with Gasteiger partial charge < -0.3 is 4.74 Å². The van der Waals surface area contributed by atoms with E-state index >= 15 is 0 Å². The highest BCUT2D eigenvalue weighted by atomic mass is 79.9. The predicted octanol–water partition coefficient (Wildman–Crippen LogP) is 4.68. The maximum atomic E-state index is 11.0. The zero-order valence-corrected chi connectivity index (χ0v) is 13.8. The molecule has 108 valence electrons. The Hall–Kier alpha value is -0.310. The third-order valence-electron chi connectivity index (χ3n) is 5.41. The van der Waals surface area contributed by atoms with Crippen LogP contribution in [0.4, 0.5) is 0 Å². The quantitative estimate of drug-likeness (QED) is 0.703. The topological polar surface area (TPSA) is 26.3 Å². The highest BCUT2D eigenvalue weighted by molar-refractivity contribution is 9.11. The van der Waals surface area contributed by atoms with E-state index in [-0.39, 0.29) is 5.97 Å². The minimum atomic E-state index is -0.156. The van der Waals surface area contributed by atoms with E-state index in [0.717, 1.165) is 5.92 Å². The van der Waals surface area contributed by atoms with Gasteiger partial charge in [-0.05, 0) is 60.3 Å². The first-order valence-electron chi connectivity index (χ1n) is 7.41. The molecule has 0 aliphatic heterocycles. The molecule has 0 radical (unpaired) electrons. The van der Waals surface area contributed by atoms with Crippen LogP contribution in [0, 0.1) is 23.2 Å². The molecule has 0 aromatic rings. The fraction of sp³-hybridized carbons (Fsp3) is 0.812. The zero-order chi connectivity index (χ0) is 14.0. The van der Waals surface area contributed by atoms with Crippen LogP contribution in [-0.4, -0.2) is 12.6 Å². The monoisotopic (exact) mass is 328 g/mol. The summed E-state index contributed by atoms with van der Waals surface area (Å²) in [6.07, 6.45) is 6.42. The lowest BCUT2D eigenvalue weighted by Gasteiger charge is -2.44. The minimum Gasteiger partial charge on any atom is -0.466 e. The highest BCUT2D eigenvalue weighted by Crippen LogP contribution is 2.59. The number of ether oxygens (including phenoxy) is 1. The molecule has 2 nitrogen and oxygen atoms in total. The lowest BCUT2D eigenvalue weighted by Crippen LogP contribution is -2.37. The van der Waals surface area contributed by atoms with Crippen molar-refractivity contribution in [2.75, 3.05) is 6.61 Å². The van der Waals surface area contributed by atoms with Gasteiger partial charge in [-0.3, -0.25) is 4.79 Å². The zero-order valence-electron chi connectivity index (χ0n) is 12.2. The number of carbonyl (C=O) groups excluding carboxylic acids is 1. The highest BCUT2D eigenvalue weighted by Gasteiger charge is 2.50. The smallest absolute Gasteiger partial charge is 0.302 e. The van der Waals surface area contributed by atoms with E-state index in [0.29, 0.717) is 23.9 Å². The van der Waals surface area contributed by atoms with Crippen molar-refractivity contribution < 1.29 is 9.53 Å². The number of hydrogen-bond acceptors (Lipinski definition) is 2. The molecule has 0 amide bonds. The number of hydrogen-bond donors (Lipinski definition) is 0. The molecule has 0 unspecified atom stereocenters. The first-order valence-corrected chi connectivity index (χ1v) is 8.33. The second-order valence-electron chi connectivity index (χ2n) is 6.56. The Bertz CT molecular complexity index is 377. The van der Waals surface area contributed by atoms with Crippen molar-refractivity contribution in [3.8, 4) is 0 Å². The van der Waals surface area contributed by atoms with E-state index in [4.69, 9.17) is 4.74 Å². The van der Waals surface area contributed by atoms with Crippen molar-refractivity contribution in [1.29, 1.82) is 0 Å². The van der Waals surface area contributed by atoms with E-state index in [1.165, 1.54) is 39.0 Å². The summed E-state index contributed by atoms with van der Waals surface area (Å²) in [6, 6.07) is 0. The third kappa shape index (κ3) is 2.91. The lowest BCUT2D eigenvalue weighted by atomic mass is 9.61. The van der Waals surface area contributed by atoms with E-state index < -0.39 is 0 Å². The van der Waals surface area contributed by atoms with Crippen molar-refractivity contribution in [3.63, 3.8) is 0 Å². The average molecular weight is 329 g/mol. The van der Waals surface area contributed by atoms with Gasteiger partial charge in [0.15, 0.2) is 0 Å². The molecule has 0 spiro atoms. The van der Waals surface area contributed by atoms with Crippen molar-refractivity contribution in [2.45, 2.75) is 52.9 Å². The summed E-state index contributed by atoms with van der Waals surface area (Å²) in [7, 11) is 0. The molecular weight excluding hydrogens is 304 g/mol. The molecule has 2 aliphatic carbocycles. The van der Waals surface area contributed by atoms with E-state index in [9.17, 15) is 4.79 Å². The Morgan fingerprint density at radius 3 is 2.95 bits per heavy atom. The summed E-state index contributed by atoms with van der Waals surface area (Å²) in [4.78, 5) is 13.1. The Kier molecular flexibility index (Phi) is 4.75. The molecule has 0 aromatic heterocycles. The van der Waals surface area contributed by atoms with Crippen LogP contribution in [0.3, 0.4) is 0 Å². The van der Waals surface area contributed by atoms with Gasteiger partial charge in [-0.25, -0.2) is 0 Å². The molecule has 0 saturated heterocycles. The third-order valence-corrected chi connectivity index (χ3v) is 6.00. The number of rotatable bonds is 3. The van der Waals surface area contributed by atoms with Gasteiger partial charge in [-0.1, -0.05) is 35.4 Å². The molecule has 2 saturated carbocycles. The van der Waals surface area contributed by atoms with E-state index in [1.54, 1.807) is 5.57 Å². The van der Waals surface area contributed by atoms with Crippen LogP contribution in [0.2, 0.25) is 0 Å². The van der Waals surface area contributed by atoms with Crippen molar-refractivity contribution >= 4 is 21.9 Å². The maximum absolute atomic E-state index is 11.0. The Labute approximate surface area is 125 Å². The summed E-state index contributed by atoms with van der Waals surface area (Å²) in [5, 5.41) is 0. The summed E-state index contributed by atoms with van der Waals surface area (Å²) in [6.45, 7) is 6.77. The molecule has 19 heavy (non-hydrogen) atoms. The SMILES string of the molecule is CC(=O)OC[C@@H](C)[C@H]1CC[C@H]2/C(=C/Br)CCC[C@]12C. The van der Waals surface area contributed by atoms with Crippen molar-refractivity contribution in [2.24, 2.45) is 23.2 Å². The first-order chi connectivity index (χ1) is 8.99. The summed E-state index contributed by atoms with van der Waals surface area (Å²) in [5.74, 6) is 1.72. The molecule has 0 aromatic carbocycles. The summed E-state index contributed by atoms with van der Waals surface area (Å²) >= 11 is 3.55. The molecule has 3 heteroatoms. The van der Waals surface area contributed by atoms with Crippen molar-refractivity contribution in [1.82, 2.24) is 0 Å². The number of esters is 1. The van der Waals surface area contributed by atoms with Crippen LogP contribution in [0.1, 0.15) is 52.9 Å². The van der Waals surface area contributed by atoms with Gasteiger partial charge in [-0.2, -0.15) is 0 Å². The maximum Gasteiger partial charge on any atom is 0.302 e. The van der Waals surface area contributed by atoms with Gasteiger partial charge in [0.1, 0.15) is 0 Å². The first kappa shape index (κ1) is 15.1. The van der Waals surface area contributed by atoms with Gasteiger partial charge in [0.25, 0.3) is 0 Å². The van der Waals surface area contributed by atoms with Crippen LogP contribution in [0.15, 0.2) is 10.6 Å². The molecule has 4 atom stereocenters. The molecule has 0 bridgehead atoms. The van der Waals surface area contributed by atoms with Crippen molar-refractivity contribution in [3.05, 3.63) is 10.6 Å². The standard InChI is InChI=1S/C16H25BrO2/c1-11(10-19-12(2)18)14-6-7-15-13(9-17)5-4-8-16(14,15)3/h9,11,14-15H,4-8,10H2,1-3H3/b13-9+/t11-,14-,15+,16-/m1/s1. The Morgan fingerprint density at radius 2 is 2.32 bits per heavy atom. The fourth-order valence-corrected chi connectivity index (χ4v) is 5.06. The average Bonchev–Trinajstić information content (AvgIpc) is 2.72. The molecule has 2 aliphatic rings. The van der Waals surface area contributed by atoms with Crippen LogP contribution in [0.25, 0.3) is 0 Å². The largest absolute Gasteiger partial charge is 0.466 e. The van der Waals surface area contributed by atoms with Crippen LogP contribution < -0.4 is 0 Å². The van der Waals surface area contributed by atoms with E-state index in [1.807, 2.05) is 0 Å². The van der Waals surface area contributed by atoms with E-state index in [2.05, 4.69) is 34.8 Å². The molecule has 2 fully saturated rings. The van der Waals surface area contributed by atoms with Gasteiger partial charge >= 0.3 is 5.97 Å². The van der Waals surface area contributed by atoms with Gasteiger partial charge in [0.05, 0.1) is 6.61 Å². The molecule has 0 N–H and O–H groups in total. The normalized spacial score (nSPS) is 38.0. The van der Waals surface area contributed by atoms with Gasteiger partial charge in [0.2, 0.25) is 0 Å². The fourth-order valence-electron chi connectivity index (χ4n) is 4.51. The Balaban J connectivity index is 2.09. The second kappa shape index (κ2) is 5.99. The minimum absolute atomic E-state index is 0.156. The number of fused-ring (bicyclic) bond motifs is 1. The Morgan fingerprint density at radius 1 is 1.58 bits per heavy atom. The summed E-state index contributed by atoms with van der Waals surface area (Å²) in [5.41, 5.74) is 1.99. The van der Waals surface area contributed by atoms with Crippen LogP contribution >= 0.6 is 15.9 Å². The number of allylic oxidation sites excluding steroid dienone is 1. The second-order valence-corrected chi connectivity index (χ2v) is 7.02. The van der Waals surface area contributed by atoms with Gasteiger partial charge in [0, 0.05) is 6.92 Å². The lowest BCUT2D eigenvalue weighted by molar-refractivity contribution is -0.143. The predicted molar refractivity (Wildman–Crippen MR) is 81.0 cm³/mol. The number of carbonyl (C=O) groups is 1. The van der Waals surface area contributed by atoms with Crippen LogP contribution in [0.5, 0.6) is 0 Å². The summed E-state index contributed by atoms with van der Waals surface area (Å²) < 4.78 is 5.23. The molecule has 2 rings (SSSR count).